The fourth-order valence-electron chi connectivity index (χ4n) is 3.22. The van der Waals surface area contributed by atoms with Crippen LogP contribution in [0.4, 0.5) is 0 Å². The molecule has 0 radical (unpaired) electrons. The van der Waals surface area contributed by atoms with E-state index in [1.165, 1.54) is 49.7 Å². The second-order valence-corrected chi connectivity index (χ2v) is 6.27. The molecule has 2 rings (SSSR count). The van der Waals surface area contributed by atoms with Gasteiger partial charge in [0, 0.05) is 32.5 Å². The van der Waals surface area contributed by atoms with Crippen LogP contribution in [-0.4, -0.2) is 31.1 Å². The normalized spacial score (nSPS) is 15.3. The first kappa shape index (κ1) is 20.2. The number of halogens is 1. The Kier molecular flexibility index (Phi) is 10.2. The molecular weight excluding hydrogens is 399 g/mol. The standard InChI is InChI=1S/C18H30N4.HI/c1-15-14-20-12-9-17(15)10-13-22-18(19-2)21-11-5-8-16-6-3-4-7-16;/h9,12,14,16H,3-8,10-11,13H2,1-2H3,(H2,19,21,22);1H. The second kappa shape index (κ2) is 11.6. The lowest BCUT2D eigenvalue weighted by Crippen LogP contribution is -2.38. The predicted molar refractivity (Wildman–Crippen MR) is 109 cm³/mol. The van der Waals surface area contributed by atoms with E-state index in [2.05, 4.69) is 33.6 Å². The summed E-state index contributed by atoms with van der Waals surface area (Å²) in [6.07, 6.45) is 13.2. The first-order chi connectivity index (χ1) is 10.8. The number of aliphatic imine (C=N–C) groups is 1. The summed E-state index contributed by atoms with van der Waals surface area (Å²) in [5.74, 6) is 1.89. The van der Waals surface area contributed by atoms with Gasteiger partial charge in [0.2, 0.25) is 0 Å². The molecule has 5 heteroatoms. The van der Waals surface area contributed by atoms with Crippen molar-refractivity contribution < 1.29 is 0 Å². The van der Waals surface area contributed by atoms with E-state index in [0.29, 0.717) is 0 Å². The molecule has 1 aromatic rings. The molecule has 0 saturated heterocycles. The third-order valence-corrected chi connectivity index (χ3v) is 4.60. The van der Waals surface area contributed by atoms with Gasteiger partial charge in [-0.2, -0.15) is 0 Å². The number of nitrogens with zero attached hydrogens (tertiary/aromatic N) is 2. The molecule has 1 saturated carbocycles. The molecule has 1 aliphatic rings. The van der Waals surface area contributed by atoms with E-state index < -0.39 is 0 Å². The van der Waals surface area contributed by atoms with E-state index in [-0.39, 0.29) is 24.0 Å². The summed E-state index contributed by atoms with van der Waals surface area (Å²) >= 11 is 0. The Labute approximate surface area is 158 Å². The minimum atomic E-state index is 0. The van der Waals surface area contributed by atoms with Crippen molar-refractivity contribution in [1.82, 2.24) is 15.6 Å². The van der Waals surface area contributed by atoms with Crippen LogP contribution in [0, 0.1) is 12.8 Å². The first-order valence-corrected chi connectivity index (χ1v) is 8.63. The van der Waals surface area contributed by atoms with Crippen LogP contribution >= 0.6 is 24.0 Å². The van der Waals surface area contributed by atoms with Crippen molar-refractivity contribution in [3.8, 4) is 0 Å². The van der Waals surface area contributed by atoms with Crippen LogP contribution in [0.25, 0.3) is 0 Å². The van der Waals surface area contributed by atoms with Crippen LogP contribution in [0.5, 0.6) is 0 Å². The topological polar surface area (TPSA) is 49.3 Å². The van der Waals surface area contributed by atoms with Crippen molar-refractivity contribution in [3.63, 3.8) is 0 Å². The Morgan fingerprint density at radius 1 is 1.26 bits per heavy atom. The minimum absolute atomic E-state index is 0. The molecular formula is C18H31IN4. The molecule has 0 atom stereocenters. The van der Waals surface area contributed by atoms with E-state index in [1.807, 2.05) is 19.4 Å². The molecule has 23 heavy (non-hydrogen) atoms. The van der Waals surface area contributed by atoms with Gasteiger partial charge < -0.3 is 10.6 Å². The maximum absolute atomic E-state index is 4.29. The summed E-state index contributed by atoms with van der Waals surface area (Å²) < 4.78 is 0. The van der Waals surface area contributed by atoms with Gasteiger partial charge in [0.1, 0.15) is 0 Å². The molecule has 0 spiro atoms. The minimum Gasteiger partial charge on any atom is -0.356 e. The van der Waals surface area contributed by atoms with Crippen molar-refractivity contribution >= 4 is 29.9 Å². The predicted octanol–water partition coefficient (Wildman–Crippen LogP) is 3.69. The molecule has 0 bridgehead atoms. The maximum atomic E-state index is 4.29. The number of aromatic nitrogens is 1. The molecule has 4 nitrogen and oxygen atoms in total. The van der Waals surface area contributed by atoms with Gasteiger partial charge in [-0.1, -0.05) is 25.7 Å². The number of hydrogen-bond donors (Lipinski definition) is 2. The highest BCUT2D eigenvalue weighted by Gasteiger charge is 2.13. The number of guanidine groups is 1. The molecule has 1 fully saturated rings. The summed E-state index contributed by atoms with van der Waals surface area (Å²) in [5.41, 5.74) is 2.60. The van der Waals surface area contributed by atoms with Gasteiger partial charge in [0.05, 0.1) is 0 Å². The highest BCUT2D eigenvalue weighted by Crippen LogP contribution is 2.28. The maximum Gasteiger partial charge on any atom is 0.190 e. The number of rotatable bonds is 7. The molecule has 1 aromatic heterocycles. The summed E-state index contributed by atoms with van der Waals surface area (Å²) in [5, 5.41) is 6.81. The lowest BCUT2D eigenvalue weighted by molar-refractivity contribution is 0.481. The SMILES string of the molecule is CN=C(NCCCC1CCCC1)NCCc1ccncc1C.I. The van der Waals surface area contributed by atoms with Gasteiger partial charge in [0.25, 0.3) is 0 Å². The molecule has 1 heterocycles. The van der Waals surface area contributed by atoms with Gasteiger partial charge in [-0.3, -0.25) is 9.98 Å². The van der Waals surface area contributed by atoms with E-state index in [0.717, 1.165) is 31.4 Å². The average Bonchev–Trinajstić information content (AvgIpc) is 3.05. The highest BCUT2D eigenvalue weighted by molar-refractivity contribution is 14.0. The van der Waals surface area contributed by atoms with Gasteiger partial charge in [-0.15, -0.1) is 24.0 Å². The fraction of sp³-hybridized carbons (Fsp3) is 0.667. The Balaban J connectivity index is 0.00000264. The Morgan fingerprint density at radius 3 is 2.70 bits per heavy atom. The van der Waals surface area contributed by atoms with Crippen molar-refractivity contribution in [1.29, 1.82) is 0 Å². The molecule has 0 aliphatic heterocycles. The lowest BCUT2D eigenvalue weighted by Gasteiger charge is -2.13. The quantitative estimate of drug-likeness (QED) is 0.300. The van der Waals surface area contributed by atoms with Crippen LogP contribution in [0.1, 0.15) is 49.7 Å². The van der Waals surface area contributed by atoms with Crippen LogP contribution in [0.3, 0.4) is 0 Å². The zero-order valence-corrected chi connectivity index (χ0v) is 16.8. The molecule has 130 valence electrons. The third kappa shape index (κ3) is 7.50. The first-order valence-electron chi connectivity index (χ1n) is 8.63. The zero-order valence-electron chi connectivity index (χ0n) is 14.5. The second-order valence-electron chi connectivity index (χ2n) is 6.27. The van der Waals surface area contributed by atoms with Crippen molar-refractivity contribution in [2.75, 3.05) is 20.1 Å². The van der Waals surface area contributed by atoms with Crippen molar-refractivity contribution in [2.24, 2.45) is 10.9 Å². The Hall–Kier alpha value is -0.850. The summed E-state index contributed by atoms with van der Waals surface area (Å²) in [4.78, 5) is 8.42. The summed E-state index contributed by atoms with van der Waals surface area (Å²) in [6, 6.07) is 2.09. The van der Waals surface area contributed by atoms with Gasteiger partial charge in [-0.25, -0.2) is 0 Å². The van der Waals surface area contributed by atoms with Crippen molar-refractivity contribution in [3.05, 3.63) is 29.6 Å². The van der Waals surface area contributed by atoms with Gasteiger partial charge in [-0.05, 0) is 49.3 Å². The van der Waals surface area contributed by atoms with E-state index >= 15 is 0 Å². The van der Waals surface area contributed by atoms with Crippen LogP contribution in [-0.2, 0) is 6.42 Å². The van der Waals surface area contributed by atoms with E-state index in [9.17, 15) is 0 Å². The summed E-state index contributed by atoms with van der Waals surface area (Å²) in [7, 11) is 1.84. The monoisotopic (exact) mass is 430 g/mol. The largest absolute Gasteiger partial charge is 0.356 e. The number of hydrogen-bond acceptors (Lipinski definition) is 2. The molecule has 2 N–H and O–H groups in total. The van der Waals surface area contributed by atoms with Crippen LogP contribution < -0.4 is 10.6 Å². The Morgan fingerprint density at radius 2 is 2.00 bits per heavy atom. The van der Waals surface area contributed by atoms with E-state index in [4.69, 9.17) is 0 Å². The number of nitrogens with one attached hydrogen (secondary N) is 2. The highest BCUT2D eigenvalue weighted by atomic mass is 127. The van der Waals surface area contributed by atoms with Crippen LogP contribution in [0.15, 0.2) is 23.5 Å². The van der Waals surface area contributed by atoms with Gasteiger partial charge >= 0.3 is 0 Å². The molecule has 0 amide bonds. The zero-order chi connectivity index (χ0) is 15.6. The molecule has 0 aromatic carbocycles. The molecule has 1 aliphatic carbocycles. The van der Waals surface area contributed by atoms with Crippen molar-refractivity contribution in [2.45, 2.75) is 51.9 Å². The number of pyridine rings is 1. The van der Waals surface area contributed by atoms with Gasteiger partial charge in [0.15, 0.2) is 5.96 Å². The van der Waals surface area contributed by atoms with E-state index in [1.54, 1.807) is 0 Å². The lowest BCUT2D eigenvalue weighted by atomic mass is 10.0. The van der Waals surface area contributed by atoms with Crippen LogP contribution in [0.2, 0.25) is 0 Å². The smallest absolute Gasteiger partial charge is 0.190 e. The summed E-state index contributed by atoms with van der Waals surface area (Å²) in [6.45, 7) is 4.02. The third-order valence-electron chi connectivity index (χ3n) is 4.60. The fourth-order valence-corrected chi connectivity index (χ4v) is 3.22. The number of aryl methyl sites for hydroxylation is 1. The molecule has 0 unspecified atom stereocenters. The average molecular weight is 430 g/mol. The Bertz CT molecular complexity index is 470.